The van der Waals surface area contributed by atoms with Crippen molar-refractivity contribution in [3.05, 3.63) is 53.1 Å². The highest BCUT2D eigenvalue weighted by Crippen LogP contribution is 2.38. The van der Waals surface area contributed by atoms with Gasteiger partial charge in [0.2, 0.25) is 0 Å². The van der Waals surface area contributed by atoms with Crippen LogP contribution in [0.1, 0.15) is 27.5 Å². The lowest BCUT2D eigenvalue weighted by molar-refractivity contribution is 0.0600. The number of rotatable bonds is 9. The first kappa shape index (κ1) is 24.6. The largest absolute Gasteiger partial charge is 0.493 e. The first-order chi connectivity index (χ1) is 16.0. The fourth-order valence-corrected chi connectivity index (χ4v) is 4.11. The highest BCUT2D eigenvalue weighted by molar-refractivity contribution is 7.80. The summed E-state index contributed by atoms with van der Waals surface area (Å²) >= 11 is 5.69. The zero-order valence-electron chi connectivity index (χ0n) is 19.4. The molecule has 0 fully saturated rings. The van der Waals surface area contributed by atoms with Crippen LogP contribution in [0, 0.1) is 0 Å². The van der Waals surface area contributed by atoms with Crippen LogP contribution in [0.15, 0.2) is 36.4 Å². The maximum Gasteiger partial charge on any atom is 0.337 e. The molecule has 1 N–H and O–H groups in total. The lowest BCUT2D eigenvalue weighted by Crippen LogP contribution is -2.47. The summed E-state index contributed by atoms with van der Waals surface area (Å²) in [5, 5.41) is 3.90. The van der Waals surface area contributed by atoms with Crippen LogP contribution in [-0.2, 0) is 15.9 Å². The van der Waals surface area contributed by atoms with E-state index in [0.717, 1.165) is 18.5 Å². The van der Waals surface area contributed by atoms with E-state index in [1.165, 1.54) is 12.7 Å². The average molecular weight is 475 g/mol. The van der Waals surface area contributed by atoms with Gasteiger partial charge in [0.05, 0.1) is 39.5 Å². The Bertz CT molecular complexity index is 966. The summed E-state index contributed by atoms with van der Waals surface area (Å²) in [7, 11) is 6.27. The predicted molar refractivity (Wildman–Crippen MR) is 128 cm³/mol. The molecule has 1 aliphatic heterocycles. The van der Waals surface area contributed by atoms with Gasteiger partial charge in [0.25, 0.3) is 0 Å². The summed E-state index contributed by atoms with van der Waals surface area (Å²) in [5.74, 6) is 1.61. The molecule has 33 heavy (non-hydrogen) atoms. The number of carbonyl (C=O) groups excluding carboxylic acids is 1. The van der Waals surface area contributed by atoms with Crippen molar-refractivity contribution in [3.8, 4) is 17.2 Å². The number of fused-ring (bicyclic) bond motifs is 1. The molecule has 3 rings (SSSR count). The number of nitrogens with one attached hydrogen (secondary N) is 1. The van der Waals surface area contributed by atoms with E-state index in [4.69, 9.17) is 35.9 Å². The van der Waals surface area contributed by atoms with Crippen LogP contribution in [0.5, 0.6) is 17.2 Å². The molecule has 0 saturated carbocycles. The fraction of sp³-hybridized carbons (Fsp3) is 0.417. The SMILES string of the molecule is COCCNC(=S)N1CCc2cc(OC)c(OC)cc2[C@@H]1COc1ccc(C(=O)OC)cc1. The van der Waals surface area contributed by atoms with Gasteiger partial charge < -0.3 is 33.9 Å². The number of ether oxygens (including phenoxy) is 5. The van der Waals surface area contributed by atoms with Crippen LogP contribution in [0.4, 0.5) is 0 Å². The van der Waals surface area contributed by atoms with Crippen molar-refractivity contribution < 1.29 is 28.5 Å². The van der Waals surface area contributed by atoms with Crippen molar-refractivity contribution in [3.63, 3.8) is 0 Å². The Labute approximate surface area is 199 Å². The smallest absolute Gasteiger partial charge is 0.337 e. The second-order valence-corrected chi connectivity index (χ2v) is 7.80. The molecule has 8 nitrogen and oxygen atoms in total. The van der Waals surface area contributed by atoms with E-state index in [-0.39, 0.29) is 12.0 Å². The van der Waals surface area contributed by atoms with E-state index < -0.39 is 0 Å². The molecule has 178 valence electrons. The number of carbonyl (C=O) groups is 1. The van der Waals surface area contributed by atoms with Gasteiger partial charge in [0.1, 0.15) is 12.4 Å². The van der Waals surface area contributed by atoms with Crippen LogP contribution >= 0.6 is 12.2 Å². The molecule has 0 bridgehead atoms. The summed E-state index contributed by atoms with van der Waals surface area (Å²) in [6.07, 6.45) is 0.812. The summed E-state index contributed by atoms with van der Waals surface area (Å²) < 4.78 is 27.0. The molecule has 2 aromatic rings. The fourth-order valence-electron chi connectivity index (χ4n) is 3.79. The Kier molecular flexibility index (Phi) is 8.73. The molecule has 0 aliphatic carbocycles. The van der Waals surface area contributed by atoms with Gasteiger partial charge in [-0.05, 0) is 66.2 Å². The summed E-state index contributed by atoms with van der Waals surface area (Å²) in [5.41, 5.74) is 2.70. The maximum absolute atomic E-state index is 11.7. The summed E-state index contributed by atoms with van der Waals surface area (Å²) in [6.45, 7) is 2.26. The van der Waals surface area contributed by atoms with Gasteiger partial charge in [-0.1, -0.05) is 0 Å². The molecule has 1 atom stereocenters. The van der Waals surface area contributed by atoms with E-state index in [2.05, 4.69) is 10.2 Å². The first-order valence-corrected chi connectivity index (χ1v) is 11.0. The van der Waals surface area contributed by atoms with Crippen LogP contribution in [0.3, 0.4) is 0 Å². The number of methoxy groups -OCH3 is 4. The highest BCUT2D eigenvalue weighted by Gasteiger charge is 2.31. The van der Waals surface area contributed by atoms with Gasteiger partial charge in [-0.15, -0.1) is 0 Å². The molecule has 0 radical (unpaired) electrons. The van der Waals surface area contributed by atoms with E-state index in [1.54, 1.807) is 45.6 Å². The van der Waals surface area contributed by atoms with Crippen LogP contribution in [0.2, 0.25) is 0 Å². The Hall–Kier alpha value is -3.04. The standard InChI is InChI=1S/C24H30N2O6S/c1-28-12-10-25-24(33)26-11-9-17-13-21(29-2)22(30-3)14-19(17)20(26)15-32-18-7-5-16(6-8-18)23(27)31-4/h5-8,13-14,20H,9-12,15H2,1-4H3,(H,25,33)/t20-/m0/s1. The second kappa shape index (κ2) is 11.7. The molecular formula is C24H30N2O6S. The van der Waals surface area contributed by atoms with Gasteiger partial charge in [-0.2, -0.15) is 0 Å². The normalized spacial score (nSPS) is 14.8. The predicted octanol–water partition coefficient (Wildman–Crippen LogP) is 2.99. The zero-order chi connectivity index (χ0) is 23.8. The minimum atomic E-state index is -0.387. The van der Waals surface area contributed by atoms with Gasteiger partial charge in [0.15, 0.2) is 16.6 Å². The lowest BCUT2D eigenvalue weighted by Gasteiger charge is -2.39. The summed E-state index contributed by atoms with van der Waals surface area (Å²) in [4.78, 5) is 13.8. The lowest BCUT2D eigenvalue weighted by atomic mass is 9.92. The van der Waals surface area contributed by atoms with Crippen LogP contribution in [0.25, 0.3) is 0 Å². The summed E-state index contributed by atoms with van der Waals surface area (Å²) in [6, 6.07) is 10.7. The minimum absolute atomic E-state index is 0.142. The van der Waals surface area contributed by atoms with Crippen molar-refractivity contribution in [1.82, 2.24) is 10.2 Å². The zero-order valence-corrected chi connectivity index (χ0v) is 20.2. The number of thiocarbonyl (C=S) groups is 1. The number of nitrogens with zero attached hydrogens (tertiary/aromatic N) is 1. The first-order valence-electron chi connectivity index (χ1n) is 10.6. The molecule has 0 saturated heterocycles. The molecule has 0 aromatic heterocycles. The van der Waals surface area contributed by atoms with Crippen molar-refractivity contribution in [1.29, 1.82) is 0 Å². The van der Waals surface area contributed by atoms with Crippen molar-refractivity contribution in [2.75, 3.05) is 54.7 Å². The van der Waals surface area contributed by atoms with Crippen molar-refractivity contribution >= 4 is 23.3 Å². The molecule has 9 heteroatoms. The molecule has 0 unspecified atom stereocenters. The Morgan fingerprint density at radius 1 is 1.09 bits per heavy atom. The van der Waals surface area contributed by atoms with Gasteiger partial charge in [-0.3, -0.25) is 0 Å². The van der Waals surface area contributed by atoms with Crippen LogP contribution in [-0.4, -0.2) is 70.7 Å². The number of benzene rings is 2. The topological polar surface area (TPSA) is 78.5 Å². The maximum atomic E-state index is 11.7. The Morgan fingerprint density at radius 2 is 1.79 bits per heavy atom. The van der Waals surface area contributed by atoms with Gasteiger partial charge in [-0.25, -0.2) is 4.79 Å². The van der Waals surface area contributed by atoms with Gasteiger partial charge in [0, 0.05) is 20.2 Å². The Balaban J connectivity index is 1.85. The highest BCUT2D eigenvalue weighted by atomic mass is 32.1. The molecule has 2 aromatic carbocycles. The third kappa shape index (κ3) is 5.85. The molecular weight excluding hydrogens is 444 g/mol. The van der Waals surface area contributed by atoms with Crippen molar-refractivity contribution in [2.24, 2.45) is 0 Å². The van der Waals surface area contributed by atoms with Gasteiger partial charge >= 0.3 is 5.97 Å². The van der Waals surface area contributed by atoms with Crippen LogP contribution < -0.4 is 19.5 Å². The number of hydrogen-bond acceptors (Lipinski definition) is 7. The van der Waals surface area contributed by atoms with E-state index in [1.807, 2.05) is 12.1 Å². The third-order valence-electron chi connectivity index (χ3n) is 5.53. The second-order valence-electron chi connectivity index (χ2n) is 7.42. The molecule has 0 spiro atoms. The third-order valence-corrected chi connectivity index (χ3v) is 5.91. The molecule has 1 aliphatic rings. The van der Waals surface area contributed by atoms with E-state index in [0.29, 0.717) is 47.7 Å². The monoisotopic (exact) mass is 474 g/mol. The quantitative estimate of drug-likeness (QED) is 0.335. The van der Waals surface area contributed by atoms with E-state index >= 15 is 0 Å². The molecule has 1 heterocycles. The minimum Gasteiger partial charge on any atom is -0.493 e. The number of esters is 1. The van der Waals surface area contributed by atoms with E-state index in [9.17, 15) is 4.79 Å². The number of hydrogen-bond donors (Lipinski definition) is 1. The molecule has 0 amide bonds. The average Bonchev–Trinajstić information content (AvgIpc) is 2.86. The Morgan fingerprint density at radius 3 is 2.42 bits per heavy atom. The van der Waals surface area contributed by atoms with Crippen molar-refractivity contribution in [2.45, 2.75) is 12.5 Å².